The molecule has 0 saturated carbocycles. The third kappa shape index (κ3) is 5.86. The number of benzene rings is 10. The number of hydrogen-bond donors (Lipinski definition) is 0. The summed E-state index contributed by atoms with van der Waals surface area (Å²) in [7, 11) is 0. The molecule has 0 aromatic heterocycles. The molecule has 1 nitrogen and oxygen atoms in total. The lowest BCUT2D eigenvalue weighted by molar-refractivity contribution is 0.768. The van der Waals surface area contributed by atoms with Crippen LogP contribution in [0, 0.1) is 0 Å². The Morgan fingerprint density at radius 1 is 0.300 bits per heavy atom. The lowest BCUT2D eigenvalue weighted by atomic mass is 9.67. The second-order valence-corrected chi connectivity index (χ2v) is 15.6. The summed E-state index contributed by atoms with van der Waals surface area (Å²) in [6.07, 6.45) is 0. The Labute approximate surface area is 352 Å². The molecule has 11 rings (SSSR count). The summed E-state index contributed by atoms with van der Waals surface area (Å²) in [6.45, 7) is 0. The maximum absolute atomic E-state index is 2.42. The molecule has 0 fully saturated rings. The van der Waals surface area contributed by atoms with Gasteiger partial charge in [-0.15, -0.1) is 0 Å². The van der Waals surface area contributed by atoms with E-state index in [1.165, 1.54) is 77.5 Å². The molecule has 0 atom stereocenters. The van der Waals surface area contributed by atoms with Gasteiger partial charge >= 0.3 is 0 Å². The Balaban J connectivity index is 1.07. The molecule has 0 spiro atoms. The van der Waals surface area contributed by atoms with Crippen molar-refractivity contribution in [1.29, 1.82) is 0 Å². The molecule has 1 aliphatic rings. The minimum atomic E-state index is -0.459. The van der Waals surface area contributed by atoms with Gasteiger partial charge in [-0.1, -0.05) is 212 Å². The highest BCUT2D eigenvalue weighted by atomic mass is 15.1. The Bertz CT molecular complexity index is 3090. The van der Waals surface area contributed by atoms with E-state index in [2.05, 4.69) is 254 Å². The van der Waals surface area contributed by atoms with Crippen molar-refractivity contribution in [2.75, 3.05) is 4.90 Å². The van der Waals surface area contributed by atoms with Crippen LogP contribution in [0.5, 0.6) is 0 Å². The van der Waals surface area contributed by atoms with Crippen LogP contribution in [0.1, 0.15) is 22.3 Å². The number of fused-ring (bicyclic) bond motifs is 4. The van der Waals surface area contributed by atoms with E-state index in [-0.39, 0.29) is 0 Å². The van der Waals surface area contributed by atoms with Gasteiger partial charge in [-0.2, -0.15) is 0 Å². The monoisotopic (exact) mass is 763 g/mol. The van der Waals surface area contributed by atoms with Gasteiger partial charge in [-0.3, -0.25) is 0 Å². The SMILES string of the molecule is c1ccc(-c2cccc(-c3ccc(N(c4cccc(-c5cccc6c5-c5ccccc5C6(c5ccccc5)c5ccccc5)c4)c4cccc5ccccc45)cc3)c2)cc1. The highest BCUT2D eigenvalue weighted by Crippen LogP contribution is 2.58. The van der Waals surface area contributed by atoms with Gasteiger partial charge in [0, 0.05) is 16.8 Å². The van der Waals surface area contributed by atoms with Crippen LogP contribution in [0.3, 0.4) is 0 Å². The van der Waals surface area contributed by atoms with Crippen molar-refractivity contribution < 1.29 is 0 Å². The van der Waals surface area contributed by atoms with Gasteiger partial charge in [0.2, 0.25) is 0 Å². The molecule has 10 aromatic rings. The van der Waals surface area contributed by atoms with E-state index in [9.17, 15) is 0 Å². The fourth-order valence-electron chi connectivity index (χ4n) is 9.69. The van der Waals surface area contributed by atoms with Crippen LogP contribution in [0.25, 0.3) is 55.3 Å². The molecule has 0 saturated heterocycles. The van der Waals surface area contributed by atoms with Crippen LogP contribution in [-0.2, 0) is 5.41 Å². The van der Waals surface area contributed by atoms with Gasteiger partial charge in [0.1, 0.15) is 0 Å². The Morgan fingerprint density at radius 3 is 1.57 bits per heavy atom. The standard InChI is InChI=1S/C59H41N/c1-4-18-42(19-5-1)45-22-14-23-46(40-45)43-36-38-50(39-37-43)60(57-35-16-21-44-20-10-11-30-52(44)57)51-29-15-24-47(41-51)53-32-17-34-56-58(53)54-31-12-13-33-55(54)59(56,48-25-6-2-7-26-48)49-27-8-3-9-28-49/h1-41H. The van der Waals surface area contributed by atoms with E-state index >= 15 is 0 Å². The van der Waals surface area contributed by atoms with E-state index in [4.69, 9.17) is 0 Å². The summed E-state index contributed by atoms with van der Waals surface area (Å²) in [6, 6.07) is 90.9. The smallest absolute Gasteiger partial charge is 0.0713 e. The molecular formula is C59H41N. The highest BCUT2D eigenvalue weighted by molar-refractivity contribution is 6.00. The zero-order valence-electron chi connectivity index (χ0n) is 33.1. The first-order valence-electron chi connectivity index (χ1n) is 20.8. The molecule has 1 aliphatic carbocycles. The number of rotatable bonds is 8. The zero-order chi connectivity index (χ0) is 39.9. The third-order valence-corrected chi connectivity index (χ3v) is 12.3. The first-order chi connectivity index (χ1) is 29.8. The molecular weight excluding hydrogens is 723 g/mol. The van der Waals surface area contributed by atoms with Gasteiger partial charge in [0.25, 0.3) is 0 Å². The molecule has 10 aromatic carbocycles. The van der Waals surface area contributed by atoms with Gasteiger partial charge in [-0.25, -0.2) is 0 Å². The molecule has 1 heteroatoms. The minimum Gasteiger partial charge on any atom is -0.310 e. The number of nitrogens with zero attached hydrogens (tertiary/aromatic N) is 1. The van der Waals surface area contributed by atoms with Gasteiger partial charge in [0.05, 0.1) is 11.1 Å². The van der Waals surface area contributed by atoms with Crippen LogP contribution < -0.4 is 4.90 Å². The van der Waals surface area contributed by atoms with Gasteiger partial charge in [-0.05, 0) is 109 Å². The summed E-state index contributed by atoms with van der Waals surface area (Å²) in [5, 5.41) is 2.41. The number of anilines is 3. The molecule has 60 heavy (non-hydrogen) atoms. The average molecular weight is 764 g/mol. The molecule has 0 N–H and O–H groups in total. The van der Waals surface area contributed by atoms with Crippen LogP contribution >= 0.6 is 0 Å². The van der Waals surface area contributed by atoms with E-state index in [1.54, 1.807) is 0 Å². The van der Waals surface area contributed by atoms with Crippen LogP contribution in [0.2, 0.25) is 0 Å². The maximum Gasteiger partial charge on any atom is 0.0713 e. The fraction of sp³-hybridized carbons (Fsp3) is 0.0169. The average Bonchev–Trinajstić information content (AvgIpc) is 3.64. The first-order valence-corrected chi connectivity index (χ1v) is 20.8. The summed E-state index contributed by atoms with van der Waals surface area (Å²) < 4.78 is 0. The molecule has 0 radical (unpaired) electrons. The van der Waals surface area contributed by atoms with E-state index in [1.807, 2.05) is 0 Å². The normalized spacial score (nSPS) is 12.5. The molecule has 0 bridgehead atoms. The largest absolute Gasteiger partial charge is 0.310 e. The maximum atomic E-state index is 2.42. The second-order valence-electron chi connectivity index (χ2n) is 15.6. The Hall–Kier alpha value is -7.74. The minimum absolute atomic E-state index is 0.459. The van der Waals surface area contributed by atoms with Crippen molar-refractivity contribution in [2.24, 2.45) is 0 Å². The van der Waals surface area contributed by atoms with Gasteiger partial charge in [0.15, 0.2) is 0 Å². The van der Waals surface area contributed by atoms with Crippen molar-refractivity contribution in [3.05, 3.63) is 271 Å². The van der Waals surface area contributed by atoms with Crippen molar-refractivity contribution in [2.45, 2.75) is 5.41 Å². The summed E-state index contributed by atoms with van der Waals surface area (Å²) >= 11 is 0. The lowest BCUT2D eigenvalue weighted by Crippen LogP contribution is -2.28. The molecule has 282 valence electrons. The Kier molecular flexibility index (Phi) is 8.79. The van der Waals surface area contributed by atoms with E-state index < -0.39 is 5.41 Å². The zero-order valence-corrected chi connectivity index (χ0v) is 33.1. The van der Waals surface area contributed by atoms with Crippen molar-refractivity contribution in [3.63, 3.8) is 0 Å². The van der Waals surface area contributed by atoms with Crippen molar-refractivity contribution >= 4 is 27.8 Å². The lowest BCUT2D eigenvalue weighted by Gasteiger charge is -2.34. The fourth-order valence-corrected chi connectivity index (χ4v) is 9.69. The molecule has 0 unspecified atom stereocenters. The van der Waals surface area contributed by atoms with Crippen LogP contribution in [0.15, 0.2) is 249 Å². The van der Waals surface area contributed by atoms with E-state index in [0.29, 0.717) is 0 Å². The van der Waals surface area contributed by atoms with Gasteiger partial charge < -0.3 is 4.90 Å². The second kappa shape index (κ2) is 14.9. The topological polar surface area (TPSA) is 3.24 Å². The quantitative estimate of drug-likeness (QED) is 0.149. The summed E-state index contributed by atoms with van der Waals surface area (Å²) in [4.78, 5) is 2.42. The predicted octanol–water partition coefficient (Wildman–Crippen LogP) is 15.7. The van der Waals surface area contributed by atoms with Crippen LogP contribution in [-0.4, -0.2) is 0 Å². The van der Waals surface area contributed by atoms with Crippen molar-refractivity contribution in [3.8, 4) is 44.5 Å². The first kappa shape index (κ1) is 35.4. The highest BCUT2D eigenvalue weighted by Gasteiger charge is 2.46. The molecule has 0 amide bonds. The third-order valence-electron chi connectivity index (χ3n) is 12.3. The summed E-state index contributed by atoms with van der Waals surface area (Å²) in [5.41, 5.74) is 17.8. The molecule has 0 aliphatic heterocycles. The van der Waals surface area contributed by atoms with Crippen LogP contribution in [0.4, 0.5) is 17.1 Å². The summed E-state index contributed by atoms with van der Waals surface area (Å²) in [5.74, 6) is 0. The molecule has 0 heterocycles. The number of hydrogen-bond acceptors (Lipinski definition) is 1. The van der Waals surface area contributed by atoms with E-state index in [0.717, 1.165) is 17.1 Å². The predicted molar refractivity (Wildman–Crippen MR) is 252 cm³/mol. The van der Waals surface area contributed by atoms with Crippen molar-refractivity contribution in [1.82, 2.24) is 0 Å². The Morgan fingerprint density at radius 2 is 0.817 bits per heavy atom.